The number of anilines is 1. The number of carbonyl (C=O) groups is 2. The molecular formula is C19H22N2O5S. The molecule has 0 heterocycles. The van der Waals surface area contributed by atoms with Crippen LogP contribution in [0.4, 0.5) is 5.69 Å². The number of benzene rings is 2. The largest absolute Gasteiger partial charge is 0.452 e. The zero-order valence-electron chi connectivity index (χ0n) is 15.4. The molecule has 0 spiro atoms. The molecule has 0 unspecified atom stereocenters. The van der Waals surface area contributed by atoms with Crippen molar-refractivity contribution < 1.29 is 22.7 Å². The number of nitrogens with one attached hydrogen (secondary N) is 2. The third kappa shape index (κ3) is 5.90. The van der Waals surface area contributed by atoms with E-state index < -0.39 is 34.5 Å². The summed E-state index contributed by atoms with van der Waals surface area (Å²) in [4.78, 5) is 24.1. The number of hydrogen-bond donors (Lipinski definition) is 2. The van der Waals surface area contributed by atoms with Gasteiger partial charge < -0.3 is 10.1 Å². The number of ether oxygens (including phenoxy) is 1. The Kier molecular flexibility index (Phi) is 6.70. The Morgan fingerprint density at radius 2 is 1.74 bits per heavy atom. The predicted molar refractivity (Wildman–Crippen MR) is 102 cm³/mol. The molecule has 8 heteroatoms. The summed E-state index contributed by atoms with van der Waals surface area (Å²) in [7, 11) is -3.82. The molecule has 144 valence electrons. The van der Waals surface area contributed by atoms with E-state index >= 15 is 0 Å². The van der Waals surface area contributed by atoms with E-state index in [0.29, 0.717) is 5.69 Å². The van der Waals surface area contributed by atoms with Crippen LogP contribution < -0.4 is 10.0 Å². The van der Waals surface area contributed by atoms with Crippen molar-refractivity contribution >= 4 is 27.6 Å². The van der Waals surface area contributed by atoms with Gasteiger partial charge in [0.25, 0.3) is 5.91 Å². The van der Waals surface area contributed by atoms with Crippen LogP contribution in [-0.2, 0) is 24.3 Å². The molecule has 2 N–H and O–H groups in total. The average Bonchev–Trinajstić information content (AvgIpc) is 2.63. The Morgan fingerprint density at radius 1 is 1.07 bits per heavy atom. The predicted octanol–water partition coefficient (Wildman–Crippen LogP) is 2.15. The Morgan fingerprint density at radius 3 is 2.37 bits per heavy atom. The highest BCUT2D eigenvalue weighted by Gasteiger charge is 2.21. The molecule has 2 aromatic rings. The highest BCUT2D eigenvalue weighted by molar-refractivity contribution is 7.89. The van der Waals surface area contributed by atoms with Gasteiger partial charge in [-0.25, -0.2) is 8.42 Å². The van der Waals surface area contributed by atoms with Crippen molar-refractivity contribution in [1.29, 1.82) is 0 Å². The minimum atomic E-state index is -3.82. The maximum Gasteiger partial charge on any atom is 0.321 e. The summed E-state index contributed by atoms with van der Waals surface area (Å²) in [5.41, 5.74) is 2.58. The second-order valence-corrected chi connectivity index (χ2v) is 7.84. The first-order valence-corrected chi connectivity index (χ1v) is 9.79. The van der Waals surface area contributed by atoms with Gasteiger partial charge in [-0.15, -0.1) is 0 Å². The molecule has 0 aromatic heterocycles. The van der Waals surface area contributed by atoms with Crippen LogP contribution in [0, 0.1) is 13.8 Å². The molecule has 0 aliphatic rings. The second-order valence-electron chi connectivity index (χ2n) is 6.08. The number of esters is 1. The number of rotatable bonds is 7. The highest BCUT2D eigenvalue weighted by atomic mass is 32.2. The van der Waals surface area contributed by atoms with Gasteiger partial charge in [0.1, 0.15) is 6.54 Å². The minimum absolute atomic E-state index is 0.0402. The summed E-state index contributed by atoms with van der Waals surface area (Å²) in [6, 6.07) is 13.2. The van der Waals surface area contributed by atoms with Gasteiger partial charge in [0, 0.05) is 5.69 Å². The quantitative estimate of drug-likeness (QED) is 0.706. The molecule has 1 atom stereocenters. The molecule has 1 amide bonds. The first-order valence-electron chi connectivity index (χ1n) is 8.31. The van der Waals surface area contributed by atoms with Crippen LogP contribution in [0.5, 0.6) is 0 Å². The third-order valence-electron chi connectivity index (χ3n) is 3.78. The lowest BCUT2D eigenvalue weighted by Gasteiger charge is -2.15. The number of carbonyl (C=O) groups excluding carboxylic acids is 2. The minimum Gasteiger partial charge on any atom is -0.452 e. The van der Waals surface area contributed by atoms with Crippen LogP contribution in [0.3, 0.4) is 0 Å². The summed E-state index contributed by atoms with van der Waals surface area (Å²) >= 11 is 0. The van der Waals surface area contributed by atoms with Gasteiger partial charge >= 0.3 is 5.97 Å². The Bertz CT molecular complexity index is 926. The van der Waals surface area contributed by atoms with Crippen LogP contribution in [0.2, 0.25) is 0 Å². The fourth-order valence-corrected chi connectivity index (χ4v) is 3.31. The molecule has 0 aliphatic heterocycles. The van der Waals surface area contributed by atoms with Crippen molar-refractivity contribution in [3.05, 3.63) is 59.7 Å². The van der Waals surface area contributed by atoms with Gasteiger partial charge in [-0.1, -0.05) is 35.9 Å². The van der Waals surface area contributed by atoms with E-state index in [-0.39, 0.29) is 4.90 Å². The maximum atomic E-state index is 12.2. The zero-order chi connectivity index (χ0) is 20.0. The molecule has 0 fully saturated rings. The topological polar surface area (TPSA) is 102 Å². The first-order chi connectivity index (χ1) is 12.7. The van der Waals surface area contributed by atoms with E-state index in [9.17, 15) is 18.0 Å². The summed E-state index contributed by atoms with van der Waals surface area (Å²) in [6.07, 6.45) is -1.07. The summed E-state index contributed by atoms with van der Waals surface area (Å²) in [5, 5.41) is 2.69. The fourth-order valence-electron chi connectivity index (χ4n) is 2.32. The van der Waals surface area contributed by atoms with Crippen molar-refractivity contribution in [2.24, 2.45) is 0 Å². The molecule has 0 aliphatic carbocycles. The Labute approximate surface area is 158 Å². The first kappa shape index (κ1) is 20.6. The molecule has 7 nitrogen and oxygen atoms in total. The molecular weight excluding hydrogens is 368 g/mol. The maximum absolute atomic E-state index is 12.2. The number of amides is 1. The lowest BCUT2D eigenvalue weighted by molar-refractivity contribution is -0.151. The van der Waals surface area contributed by atoms with Crippen molar-refractivity contribution in [2.45, 2.75) is 31.8 Å². The van der Waals surface area contributed by atoms with E-state index in [2.05, 4.69) is 10.0 Å². The van der Waals surface area contributed by atoms with E-state index in [1.165, 1.54) is 19.1 Å². The zero-order valence-corrected chi connectivity index (χ0v) is 16.2. The third-order valence-corrected chi connectivity index (χ3v) is 5.19. The van der Waals surface area contributed by atoms with Crippen molar-refractivity contribution in [3.63, 3.8) is 0 Å². The van der Waals surface area contributed by atoms with Gasteiger partial charge in [-0.2, -0.15) is 4.72 Å². The van der Waals surface area contributed by atoms with Gasteiger partial charge in [0.15, 0.2) is 6.10 Å². The molecule has 2 rings (SSSR count). The molecule has 0 saturated carbocycles. The highest BCUT2D eigenvalue weighted by Crippen LogP contribution is 2.16. The van der Waals surface area contributed by atoms with Crippen LogP contribution >= 0.6 is 0 Å². The normalized spacial score (nSPS) is 12.3. The van der Waals surface area contributed by atoms with Gasteiger partial charge in [-0.3, -0.25) is 9.59 Å². The SMILES string of the molecule is Cc1ccc(NC(=O)[C@H](C)OC(=O)CNS(=O)(=O)c2ccccc2)c(C)c1. The molecule has 0 bridgehead atoms. The van der Waals surface area contributed by atoms with E-state index in [0.717, 1.165) is 11.1 Å². The summed E-state index contributed by atoms with van der Waals surface area (Å²) in [6.45, 7) is 4.65. The Balaban J connectivity index is 1.88. The smallest absolute Gasteiger partial charge is 0.321 e. The molecule has 0 radical (unpaired) electrons. The summed E-state index contributed by atoms with van der Waals surface area (Å²) in [5.74, 6) is -1.35. The number of hydrogen-bond acceptors (Lipinski definition) is 5. The van der Waals surface area contributed by atoms with Crippen LogP contribution in [0.1, 0.15) is 18.1 Å². The lowest BCUT2D eigenvalue weighted by Crippen LogP contribution is -2.35. The van der Waals surface area contributed by atoms with Crippen molar-refractivity contribution in [1.82, 2.24) is 4.72 Å². The number of aryl methyl sites for hydroxylation is 2. The summed E-state index contributed by atoms with van der Waals surface area (Å²) < 4.78 is 31.3. The standard InChI is InChI=1S/C19H22N2O5S/c1-13-9-10-17(14(2)11-13)21-19(23)15(3)26-18(22)12-20-27(24,25)16-7-5-4-6-8-16/h4-11,15,20H,12H2,1-3H3,(H,21,23)/t15-/m0/s1. The van der Waals surface area contributed by atoms with Crippen molar-refractivity contribution in [3.8, 4) is 0 Å². The molecule has 0 saturated heterocycles. The Hall–Kier alpha value is -2.71. The van der Waals surface area contributed by atoms with E-state index in [1.54, 1.807) is 24.3 Å². The van der Waals surface area contributed by atoms with Gasteiger partial charge in [-0.05, 0) is 44.5 Å². The van der Waals surface area contributed by atoms with Gasteiger partial charge in [0.2, 0.25) is 10.0 Å². The monoisotopic (exact) mass is 390 g/mol. The average molecular weight is 390 g/mol. The van der Waals surface area contributed by atoms with Crippen LogP contribution in [0.15, 0.2) is 53.4 Å². The van der Waals surface area contributed by atoms with E-state index in [4.69, 9.17) is 4.74 Å². The van der Waals surface area contributed by atoms with Crippen molar-refractivity contribution in [2.75, 3.05) is 11.9 Å². The second kappa shape index (κ2) is 8.79. The fraction of sp³-hybridized carbons (Fsp3) is 0.263. The van der Waals surface area contributed by atoms with Crippen LogP contribution in [-0.4, -0.2) is 32.9 Å². The van der Waals surface area contributed by atoms with Gasteiger partial charge in [0.05, 0.1) is 4.90 Å². The van der Waals surface area contributed by atoms with Crippen LogP contribution in [0.25, 0.3) is 0 Å². The lowest BCUT2D eigenvalue weighted by atomic mass is 10.1. The van der Waals surface area contributed by atoms with E-state index in [1.807, 2.05) is 26.0 Å². The molecule has 27 heavy (non-hydrogen) atoms. The molecule has 2 aromatic carbocycles. The number of sulfonamides is 1.